The smallest absolute Gasteiger partial charge is 0.251 e. The summed E-state index contributed by atoms with van der Waals surface area (Å²) in [6.07, 6.45) is 0.988. The van der Waals surface area contributed by atoms with E-state index in [4.69, 9.17) is 4.74 Å². The molecule has 0 radical (unpaired) electrons. The number of hydrogen-bond acceptors (Lipinski definition) is 5. The van der Waals surface area contributed by atoms with Gasteiger partial charge in [0.15, 0.2) is 0 Å². The first-order chi connectivity index (χ1) is 9.72. The van der Waals surface area contributed by atoms with Crippen molar-refractivity contribution in [2.45, 2.75) is 12.0 Å². The van der Waals surface area contributed by atoms with E-state index in [1.54, 1.807) is 24.0 Å². The quantitative estimate of drug-likeness (QED) is 0.943. The van der Waals surface area contributed by atoms with Gasteiger partial charge in [-0.05, 0) is 30.4 Å². The molecule has 1 atom stereocenters. The number of benzene rings is 1. The molecular formula is C14H16N2O2S2. The number of nitrogens with zero attached hydrogens (tertiary/aromatic N) is 1. The van der Waals surface area contributed by atoms with Gasteiger partial charge < -0.3 is 10.1 Å². The van der Waals surface area contributed by atoms with Gasteiger partial charge in [-0.3, -0.25) is 4.79 Å². The molecule has 3 rings (SSSR count). The fourth-order valence-corrected chi connectivity index (χ4v) is 4.41. The van der Waals surface area contributed by atoms with E-state index >= 15 is 0 Å². The van der Waals surface area contributed by atoms with Gasteiger partial charge in [-0.15, -0.1) is 11.3 Å². The van der Waals surface area contributed by atoms with E-state index in [0.717, 1.165) is 28.1 Å². The molecule has 20 heavy (non-hydrogen) atoms. The topological polar surface area (TPSA) is 51.2 Å². The van der Waals surface area contributed by atoms with Crippen LogP contribution in [0, 0.1) is 0 Å². The molecule has 0 unspecified atom stereocenters. The Labute approximate surface area is 125 Å². The number of ether oxygens (including phenoxy) is 1. The minimum atomic E-state index is -0.199. The molecule has 106 valence electrons. The summed E-state index contributed by atoms with van der Waals surface area (Å²) >= 11 is 3.42. The molecule has 0 aliphatic carbocycles. The lowest BCUT2D eigenvalue weighted by atomic mass is 10.0. The van der Waals surface area contributed by atoms with Crippen LogP contribution in [0.25, 0.3) is 10.2 Å². The average Bonchev–Trinajstić information content (AvgIpc) is 3.13. The van der Waals surface area contributed by atoms with Crippen LogP contribution in [0.2, 0.25) is 0 Å². The van der Waals surface area contributed by atoms with Crippen LogP contribution in [-0.4, -0.2) is 41.7 Å². The Morgan fingerprint density at radius 1 is 1.55 bits per heavy atom. The molecule has 1 aliphatic heterocycles. The monoisotopic (exact) mass is 308 g/mol. The van der Waals surface area contributed by atoms with Crippen LogP contribution < -0.4 is 5.32 Å². The molecule has 0 spiro atoms. The molecule has 6 heteroatoms. The summed E-state index contributed by atoms with van der Waals surface area (Å²) in [7, 11) is 1.72. The lowest BCUT2D eigenvalue weighted by molar-refractivity contribution is 0.0137. The van der Waals surface area contributed by atoms with Crippen molar-refractivity contribution in [1.82, 2.24) is 10.3 Å². The van der Waals surface area contributed by atoms with Crippen LogP contribution in [0.5, 0.6) is 0 Å². The van der Waals surface area contributed by atoms with Crippen molar-refractivity contribution in [3.8, 4) is 0 Å². The Morgan fingerprint density at radius 3 is 3.20 bits per heavy atom. The third-order valence-electron chi connectivity index (χ3n) is 3.66. The van der Waals surface area contributed by atoms with Crippen molar-refractivity contribution in [1.29, 1.82) is 0 Å². The van der Waals surface area contributed by atoms with E-state index in [1.807, 2.05) is 30.0 Å². The van der Waals surface area contributed by atoms with E-state index in [9.17, 15) is 4.79 Å². The zero-order valence-corrected chi connectivity index (χ0v) is 12.9. The van der Waals surface area contributed by atoms with E-state index in [-0.39, 0.29) is 11.5 Å². The number of thiazole rings is 1. The van der Waals surface area contributed by atoms with Gasteiger partial charge in [0.2, 0.25) is 0 Å². The Bertz CT molecular complexity index is 620. The molecule has 1 fully saturated rings. The van der Waals surface area contributed by atoms with Crippen molar-refractivity contribution in [2.24, 2.45) is 0 Å². The summed E-state index contributed by atoms with van der Waals surface area (Å²) in [6, 6.07) is 5.60. The Hall–Kier alpha value is -1.11. The second-order valence-electron chi connectivity index (χ2n) is 4.91. The average molecular weight is 308 g/mol. The molecule has 1 aromatic carbocycles. The fourth-order valence-electron chi connectivity index (χ4n) is 2.30. The van der Waals surface area contributed by atoms with Crippen molar-refractivity contribution >= 4 is 39.2 Å². The third kappa shape index (κ3) is 2.68. The maximum Gasteiger partial charge on any atom is 0.251 e. The van der Waals surface area contributed by atoms with Crippen LogP contribution in [0.4, 0.5) is 0 Å². The maximum absolute atomic E-state index is 12.2. The molecule has 0 saturated carbocycles. The fraction of sp³-hybridized carbons (Fsp3) is 0.429. The lowest BCUT2D eigenvalue weighted by Crippen LogP contribution is -2.44. The molecule has 1 saturated heterocycles. The van der Waals surface area contributed by atoms with Crippen LogP contribution in [0.3, 0.4) is 0 Å². The van der Waals surface area contributed by atoms with E-state index in [2.05, 4.69) is 10.3 Å². The summed E-state index contributed by atoms with van der Waals surface area (Å²) in [5.41, 5.74) is 3.21. The standard InChI is InChI=1S/C14H16N2O2S2/c1-18-14(4-5-19-8-14)7-15-13(17)10-2-3-11-12(6-10)20-9-16-11/h2-3,6,9H,4-5,7-8H2,1H3,(H,15,17)/t14-/m0/s1. The minimum absolute atomic E-state index is 0.0476. The second kappa shape index (κ2) is 5.71. The summed E-state index contributed by atoms with van der Waals surface area (Å²) < 4.78 is 6.64. The number of thioether (sulfide) groups is 1. The van der Waals surface area contributed by atoms with E-state index < -0.39 is 0 Å². The highest BCUT2D eigenvalue weighted by molar-refractivity contribution is 7.99. The number of hydrogen-bond donors (Lipinski definition) is 1. The van der Waals surface area contributed by atoms with Gasteiger partial charge in [-0.25, -0.2) is 4.98 Å². The molecule has 1 aliphatic rings. The number of carbonyl (C=O) groups is 1. The van der Waals surface area contributed by atoms with Gasteiger partial charge in [-0.1, -0.05) is 0 Å². The summed E-state index contributed by atoms with van der Waals surface area (Å²) in [4.78, 5) is 16.5. The predicted octanol–water partition coefficient (Wildman–Crippen LogP) is 2.55. The number of carbonyl (C=O) groups excluding carboxylic acids is 1. The highest BCUT2D eigenvalue weighted by Gasteiger charge is 2.34. The molecule has 0 bridgehead atoms. The Kier molecular flexibility index (Phi) is 3.96. The number of fused-ring (bicyclic) bond motifs is 1. The largest absolute Gasteiger partial charge is 0.376 e. The highest BCUT2D eigenvalue weighted by atomic mass is 32.2. The third-order valence-corrected chi connectivity index (χ3v) is 5.68. The lowest BCUT2D eigenvalue weighted by Gasteiger charge is -2.26. The molecule has 1 N–H and O–H groups in total. The van der Waals surface area contributed by atoms with Gasteiger partial charge in [0.05, 0.1) is 21.3 Å². The molecular weight excluding hydrogens is 292 g/mol. The SMILES string of the molecule is CO[C@]1(CNC(=O)c2ccc3ncsc3c2)CCSC1. The van der Waals surface area contributed by atoms with Crippen LogP contribution in [0.1, 0.15) is 16.8 Å². The zero-order chi connectivity index (χ0) is 14.0. The van der Waals surface area contributed by atoms with E-state index in [0.29, 0.717) is 12.1 Å². The van der Waals surface area contributed by atoms with Crippen molar-refractivity contribution in [2.75, 3.05) is 25.2 Å². The van der Waals surface area contributed by atoms with Crippen molar-refractivity contribution in [3.05, 3.63) is 29.3 Å². The first kappa shape index (κ1) is 13.9. The van der Waals surface area contributed by atoms with Gasteiger partial charge in [0.25, 0.3) is 5.91 Å². The van der Waals surface area contributed by atoms with Crippen LogP contribution in [-0.2, 0) is 4.74 Å². The normalized spacial score (nSPS) is 22.2. The number of methoxy groups -OCH3 is 1. The number of amides is 1. The van der Waals surface area contributed by atoms with Crippen LogP contribution in [0.15, 0.2) is 23.7 Å². The zero-order valence-electron chi connectivity index (χ0n) is 11.2. The molecule has 2 heterocycles. The summed E-state index contributed by atoms with van der Waals surface area (Å²) in [5, 5.41) is 3.00. The van der Waals surface area contributed by atoms with Crippen molar-refractivity contribution < 1.29 is 9.53 Å². The summed E-state index contributed by atoms with van der Waals surface area (Å²) in [5.74, 6) is 1.99. The molecule has 1 aromatic heterocycles. The highest BCUT2D eigenvalue weighted by Crippen LogP contribution is 2.30. The molecule has 4 nitrogen and oxygen atoms in total. The van der Waals surface area contributed by atoms with Gasteiger partial charge in [0, 0.05) is 25.0 Å². The second-order valence-corrected chi connectivity index (χ2v) is 6.90. The van der Waals surface area contributed by atoms with Gasteiger partial charge in [-0.2, -0.15) is 11.8 Å². The predicted molar refractivity (Wildman–Crippen MR) is 83.6 cm³/mol. The number of rotatable bonds is 4. The maximum atomic E-state index is 12.2. The minimum Gasteiger partial charge on any atom is -0.376 e. The first-order valence-corrected chi connectivity index (χ1v) is 8.50. The Morgan fingerprint density at radius 2 is 2.45 bits per heavy atom. The van der Waals surface area contributed by atoms with Crippen LogP contribution >= 0.6 is 23.1 Å². The molecule has 1 amide bonds. The van der Waals surface area contributed by atoms with Gasteiger partial charge >= 0.3 is 0 Å². The summed E-state index contributed by atoms with van der Waals surface area (Å²) in [6.45, 7) is 0.566. The van der Waals surface area contributed by atoms with E-state index in [1.165, 1.54) is 0 Å². The number of aromatic nitrogens is 1. The Balaban J connectivity index is 1.69. The van der Waals surface area contributed by atoms with Gasteiger partial charge in [0.1, 0.15) is 0 Å². The van der Waals surface area contributed by atoms with Crippen molar-refractivity contribution in [3.63, 3.8) is 0 Å². The molecule has 2 aromatic rings. The first-order valence-electron chi connectivity index (χ1n) is 6.47. The number of nitrogens with one attached hydrogen (secondary N) is 1.